The number of halogens is 1. The van der Waals surface area contributed by atoms with Gasteiger partial charge in [0.25, 0.3) is 0 Å². The number of carbonyl (C=O) groups is 1. The summed E-state index contributed by atoms with van der Waals surface area (Å²) in [6.07, 6.45) is 0. The number of carboxylic acids is 1. The van der Waals surface area contributed by atoms with Gasteiger partial charge < -0.3 is 9.63 Å². The van der Waals surface area contributed by atoms with E-state index in [1.165, 1.54) is 0 Å². The lowest BCUT2D eigenvalue weighted by Crippen LogP contribution is -2.00. The minimum Gasteiger partial charge on any atom is -0.477 e. The monoisotopic (exact) mass is 251 g/mol. The summed E-state index contributed by atoms with van der Waals surface area (Å²) in [5, 5.41) is 13.4. The van der Waals surface area contributed by atoms with Gasteiger partial charge in [0.1, 0.15) is 17.0 Å². The summed E-state index contributed by atoms with van der Waals surface area (Å²) in [6, 6.07) is 5.34. The van der Waals surface area contributed by atoms with E-state index in [1.54, 1.807) is 19.1 Å². The summed E-state index contributed by atoms with van der Waals surface area (Å²) in [4.78, 5) is 11.2. The standard InChI is InChI=1S/C12H10ClNO3/c1-6-4-3-5-8(13)9(6)11-10(12(15)16)7(2)17-14-11/h3-5H,1-2H3,(H,15,16). The number of rotatable bonds is 2. The molecule has 5 heteroatoms. The molecular formula is C12H10ClNO3. The zero-order valence-electron chi connectivity index (χ0n) is 9.32. The van der Waals surface area contributed by atoms with Crippen LogP contribution in [0, 0.1) is 13.8 Å². The van der Waals surface area contributed by atoms with Crippen LogP contribution in [0.3, 0.4) is 0 Å². The van der Waals surface area contributed by atoms with Crippen molar-refractivity contribution in [3.63, 3.8) is 0 Å². The summed E-state index contributed by atoms with van der Waals surface area (Å²) in [5.41, 5.74) is 1.79. The highest BCUT2D eigenvalue weighted by Crippen LogP contribution is 2.33. The van der Waals surface area contributed by atoms with Crippen LogP contribution in [0.15, 0.2) is 22.7 Å². The molecular weight excluding hydrogens is 242 g/mol. The van der Waals surface area contributed by atoms with Crippen molar-refractivity contribution in [2.45, 2.75) is 13.8 Å². The third kappa shape index (κ3) is 1.91. The number of hydrogen-bond acceptors (Lipinski definition) is 3. The van der Waals surface area contributed by atoms with Crippen molar-refractivity contribution in [3.8, 4) is 11.3 Å². The Morgan fingerprint density at radius 1 is 1.41 bits per heavy atom. The Balaban J connectivity index is 2.73. The fourth-order valence-electron chi connectivity index (χ4n) is 1.73. The Labute approximate surface area is 103 Å². The van der Waals surface area contributed by atoms with Crippen LogP contribution in [0.5, 0.6) is 0 Å². The first-order chi connectivity index (χ1) is 8.02. The molecule has 2 aromatic rings. The minimum absolute atomic E-state index is 0.0567. The van der Waals surface area contributed by atoms with Gasteiger partial charge in [-0.3, -0.25) is 0 Å². The van der Waals surface area contributed by atoms with Crippen molar-refractivity contribution in [1.29, 1.82) is 0 Å². The zero-order chi connectivity index (χ0) is 12.6. The van der Waals surface area contributed by atoms with Gasteiger partial charge in [-0.2, -0.15) is 0 Å². The minimum atomic E-state index is -1.07. The van der Waals surface area contributed by atoms with E-state index in [1.807, 2.05) is 13.0 Å². The van der Waals surface area contributed by atoms with Crippen molar-refractivity contribution in [3.05, 3.63) is 40.1 Å². The van der Waals surface area contributed by atoms with E-state index >= 15 is 0 Å². The van der Waals surface area contributed by atoms with Gasteiger partial charge in [0.15, 0.2) is 0 Å². The highest BCUT2D eigenvalue weighted by molar-refractivity contribution is 6.33. The third-order valence-electron chi connectivity index (χ3n) is 2.54. The van der Waals surface area contributed by atoms with Crippen molar-refractivity contribution in [2.75, 3.05) is 0 Å². The average molecular weight is 252 g/mol. The molecule has 0 aliphatic rings. The lowest BCUT2D eigenvalue weighted by atomic mass is 10.0. The Hall–Kier alpha value is -1.81. The number of aromatic carboxylic acids is 1. The number of hydrogen-bond donors (Lipinski definition) is 1. The summed E-state index contributed by atoms with van der Waals surface area (Å²) in [7, 11) is 0. The van der Waals surface area contributed by atoms with Crippen LogP contribution in [0.2, 0.25) is 5.02 Å². The summed E-state index contributed by atoms with van der Waals surface area (Å²) >= 11 is 6.08. The van der Waals surface area contributed by atoms with Crippen molar-refractivity contribution in [2.24, 2.45) is 0 Å². The maximum Gasteiger partial charge on any atom is 0.341 e. The summed E-state index contributed by atoms with van der Waals surface area (Å²) < 4.78 is 4.93. The van der Waals surface area contributed by atoms with E-state index in [0.717, 1.165) is 5.56 Å². The Kier molecular flexibility index (Phi) is 2.90. The molecule has 1 heterocycles. The second-order valence-electron chi connectivity index (χ2n) is 3.70. The number of aryl methyl sites for hydroxylation is 2. The van der Waals surface area contributed by atoms with Gasteiger partial charge >= 0.3 is 5.97 Å². The molecule has 0 bridgehead atoms. The molecule has 2 rings (SSSR count). The van der Waals surface area contributed by atoms with Crippen LogP contribution in [0.25, 0.3) is 11.3 Å². The molecule has 0 aliphatic heterocycles. The average Bonchev–Trinajstić information content (AvgIpc) is 2.60. The largest absolute Gasteiger partial charge is 0.477 e. The molecule has 0 fully saturated rings. The van der Waals surface area contributed by atoms with Gasteiger partial charge in [-0.1, -0.05) is 28.9 Å². The highest BCUT2D eigenvalue weighted by Gasteiger charge is 2.23. The van der Waals surface area contributed by atoms with Gasteiger partial charge in [-0.25, -0.2) is 4.79 Å². The fraction of sp³-hybridized carbons (Fsp3) is 0.167. The van der Waals surface area contributed by atoms with Crippen molar-refractivity contribution >= 4 is 17.6 Å². The molecule has 0 atom stereocenters. The fourth-order valence-corrected chi connectivity index (χ4v) is 2.04. The first-order valence-corrected chi connectivity index (χ1v) is 5.35. The third-order valence-corrected chi connectivity index (χ3v) is 2.85. The number of carboxylic acid groups (broad SMARTS) is 1. The molecule has 0 radical (unpaired) electrons. The molecule has 0 aliphatic carbocycles. The van der Waals surface area contributed by atoms with Gasteiger partial charge in [0, 0.05) is 5.56 Å². The predicted octanol–water partition coefficient (Wildman–Crippen LogP) is 3.31. The molecule has 0 saturated carbocycles. The summed E-state index contributed by atoms with van der Waals surface area (Å²) in [5.74, 6) is -0.801. The van der Waals surface area contributed by atoms with Gasteiger partial charge in [0.05, 0.1) is 5.02 Å². The first-order valence-electron chi connectivity index (χ1n) is 4.97. The SMILES string of the molecule is Cc1cccc(Cl)c1-c1noc(C)c1C(=O)O. The van der Waals surface area contributed by atoms with Crippen LogP contribution >= 0.6 is 11.6 Å². The van der Waals surface area contributed by atoms with Crippen LogP contribution < -0.4 is 0 Å². The lowest BCUT2D eigenvalue weighted by molar-refractivity contribution is 0.0696. The second kappa shape index (κ2) is 4.22. The summed E-state index contributed by atoms with van der Waals surface area (Å²) in [6.45, 7) is 3.41. The van der Waals surface area contributed by atoms with E-state index in [0.29, 0.717) is 10.6 Å². The van der Waals surface area contributed by atoms with Crippen molar-refractivity contribution in [1.82, 2.24) is 5.16 Å². The van der Waals surface area contributed by atoms with Crippen LogP contribution in [-0.2, 0) is 0 Å². The predicted molar refractivity (Wildman–Crippen MR) is 63.4 cm³/mol. The van der Waals surface area contributed by atoms with E-state index in [4.69, 9.17) is 21.2 Å². The lowest BCUT2D eigenvalue weighted by Gasteiger charge is -2.05. The molecule has 4 nitrogen and oxygen atoms in total. The molecule has 1 N–H and O–H groups in total. The van der Waals surface area contributed by atoms with Gasteiger partial charge in [-0.15, -0.1) is 0 Å². The molecule has 1 aromatic carbocycles. The topological polar surface area (TPSA) is 63.3 Å². The van der Waals surface area contributed by atoms with E-state index < -0.39 is 5.97 Å². The number of nitrogens with zero attached hydrogens (tertiary/aromatic N) is 1. The Morgan fingerprint density at radius 3 is 2.71 bits per heavy atom. The van der Waals surface area contributed by atoms with Crippen molar-refractivity contribution < 1.29 is 14.4 Å². The molecule has 0 saturated heterocycles. The van der Waals surface area contributed by atoms with E-state index in [-0.39, 0.29) is 17.0 Å². The highest BCUT2D eigenvalue weighted by atomic mass is 35.5. The normalized spacial score (nSPS) is 10.5. The zero-order valence-corrected chi connectivity index (χ0v) is 10.1. The molecule has 1 aromatic heterocycles. The van der Waals surface area contributed by atoms with Gasteiger partial charge in [0.2, 0.25) is 0 Å². The molecule has 0 unspecified atom stereocenters. The first kappa shape index (κ1) is 11.7. The smallest absolute Gasteiger partial charge is 0.341 e. The van der Waals surface area contributed by atoms with E-state index in [9.17, 15) is 4.79 Å². The van der Waals surface area contributed by atoms with Crippen LogP contribution in [0.4, 0.5) is 0 Å². The maximum absolute atomic E-state index is 11.2. The Morgan fingerprint density at radius 2 is 2.12 bits per heavy atom. The quantitative estimate of drug-likeness (QED) is 0.889. The molecule has 0 spiro atoms. The molecule has 0 amide bonds. The van der Waals surface area contributed by atoms with E-state index in [2.05, 4.69) is 5.16 Å². The maximum atomic E-state index is 11.2. The number of aromatic nitrogens is 1. The van der Waals surface area contributed by atoms with Crippen LogP contribution in [0.1, 0.15) is 21.7 Å². The van der Waals surface area contributed by atoms with Crippen LogP contribution in [-0.4, -0.2) is 16.2 Å². The molecule has 88 valence electrons. The number of benzene rings is 1. The van der Waals surface area contributed by atoms with Gasteiger partial charge in [-0.05, 0) is 25.5 Å². The Bertz CT molecular complexity index is 569. The second-order valence-corrected chi connectivity index (χ2v) is 4.11. The molecule has 17 heavy (non-hydrogen) atoms.